The van der Waals surface area contributed by atoms with Gasteiger partial charge in [0, 0.05) is 18.7 Å². The van der Waals surface area contributed by atoms with E-state index in [-0.39, 0.29) is 6.10 Å². The van der Waals surface area contributed by atoms with Crippen LogP contribution in [0.15, 0.2) is 52.1 Å². The minimum absolute atomic E-state index is 0.153. The molecule has 126 valence electrons. The molecule has 0 saturated carbocycles. The summed E-state index contributed by atoms with van der Waals surface area (Å²) in [4.78, 5) is 4.51. The SMILES string of the molecule is C#CCNC(=NCCc1ccco1)Nc1ccc(OC(C)C)cc1. The zero-order valence-corrected chi connectivity index (χ0v) is 14.1. The van der Waals surface area contributed by atoms with Crippen LogP contribution in [0.3, 0.4) is 0 Å². The van der Waals surface area contributed by atoms with Crippen molar-refractivity contribution in [3.05, 3.63) is 48.4 Å². The van der Waals surface area contributed by atoms with Crippen LogP contribution in [0.1, 0.15) is 19.6 Å². The zero-order valence-electron chi connectivity index (χ0n) is 14.1. The summed E-state index contributed by atoms with van der Waals surface area (Å²) < 4.78 is 10.9. The highest BCUT2D eigenvalue weighted by Crippen LogP contribution is 2.16. The van der Waals surface area contributed by atoms with Gasteiger partial charge >= 0.3 is 0 Å². The third-order valence-corrected chi connectivity index (χ3v) is 3.05. The summed E-state index contributed by atoms with van der Waals surface area (Å²) in [5.74, 6) is 4.93. The van der Waals surface area contributed by atoms with Crippen molar-refractivity contribution in [3.8, 4) is 18.1 Å². The number of ether oxygens (including phenoxy) is 1. The summed E-state index contributed by atoms with van der Waals surface area (Å²) in [5, 5.41) is 6.32. The molecule has 1 heterocycles. The predicted octanol–water partition coefficient (Wildman–Crippen LogP) is 3.30. The smallest absolute Gasteiger partial charge is 0.196 e. The summed E-state index contributed by atoms with van der Waals surface area (Å²) in [6.45, 7) is 5.00. The van der Waals surface area contributed by atoms with Crippen molar-refractivity contribution in [3.63, 3.8) is 0 Å². The molecule has 0 radical (unpaired) electrons. The fraction of sp³-hybridized carbons (Fsp3) is 0.316. The second-order valence-electron chi connectivity index (χ2n) is 5.43. The lowest BCUT2D eigenvalue weighted by atomic mass is 10.3. The van der Waals surface area contributed by atoms with Gasteiger partial charge in [-0.15, -0.1) is 6.42 Å². The van der Waals surface area contributed by atoms with Crippen molar-refractivity contribution in [2.75, 3.05) is 18.4 Å². The Morgan fingerprint density at radius 1 is 1.29 bits per heavy atom. The molecule has 24 heavy (non-hydrogen) atoms. The highest BCUT2D eigenvalue weighted by atomic mass is 16.5. The highest BCUT2D eigenvalue weighted by molar-refractivity contribution is 5.93. The minimum atomic E-state index is 0.153. The number of hydrogen-bond donors (Lipinski definition) is 2. The van der Waals surface area contributed by atoms with E-state index in [9.17, 15) is 0 Å². The monoisotopic (exact) mass is 325 g/mol. The van der Waals surface area contributed by atoms with Crippen LogP contribution >= 0.6 is 0 Å². The number of aliphatic imine (C=N–C) groups is 1. The van der Waals surface area contributed by atoms with E-state index in [2.05, 4.69) is 21.5 Å². The van der Waals surface area contributed by atoms with E-state index in [1.807, 2.05) is 50.2 Å². The number of terminal acetylenes is 1. The molecule has 0 atom stereocenters. The van der Waals surface area contributed by atoms with E-state index in [0.717, 1.165) is 23.6 Å². The van der Waals surface area contributed by atoms with Crippen molar-refractivity contribution in [1.82, 2.24) is 5.32 Å². The van der Waals surface area contributed by atoms with Gasteiger partial charge in [-0.05, 0) is 50.2 Å². The van der Waals surface area contributed by atoms with Gasteiger partial charge < -0.3 is 19.8 Å². The molecule has 0 fully saturated rings. The lowest BCUT2D eigenvalue weighted by molar-refractivity contribution is 0.242. The normalized spacial score (nSPS) is 11.2. The molecular formula is C19H23N3O2. The van der Waals surface area contributed by atoms with E-state index in [1.165, 1.54) is 0 Å². The van der Waals surface area contributed by atoms with Crippen molar-refractivity contribution < 1.29 is 9.15 Å². The van der Waals surface area contributed by atoms with E-state index in [4.69, 9.17) is 15.6 Å². The van der Waals surface area contributed by atoms with Crippen molar-refractivity contribution in [1.29, 1.82) is 0 Å². The molecule has 0 aliphatic carbocycles. The van der Waals surface area contributed by atoms with Crippen LogP contribution in [0.5, 0.6) is 5.75 Å². The molecule has 0 amide bonds. The average Bonchev–Trinajstić information content (AvgIpc) is 3.07. The summed E-state index contributed by atoms with van der Waals surface area (Å²) in [5.41, 5.74) is 0.910. The van der Waals surface area contributed by atoms with E-state index >= 15 is 0 Å². The molecule has 0 saturated heterocycles. The quantitative estimate of drug-likeness (QED) is 0.466. The molecule has 5 heteroatoms. The zero-order chi connectivity index (χ0) is 17.2. The molecule has 0 bridgehead atoms. The van der Waals surface area contributed by atoms with Crippen LogP contribution < -0.4 is 15.4 Å². The van der Waals surface area contributed by atoms with Crippen LogP contribution in [0.4, 0.5) is 5.69 Å². The second kappa shape index (κ2) is 9.31. The number of hydrogen-bond acceptors (Lipinski definition) is 3. The Bertz CT molecular complexity index is 668. The summed E-state index contributed by atoms with van der Waals surface area (Å²) in [7, 11) is 0. The van der Waals surface area contributed by atoms with Gasteiger partial charge in [-0.25, -0.2) is 0 Å². The molecule has 0 aliphatic rings. The van der Waals surface area contributed by atoms with Crippen LogP contribution in [-0.2, 0) is 6.42 Å². The first kappa shape index (κ1) is 17.5. The Balaban J connectivity index is 1.95. The average molecular weight is 325 g/mol. The number of benzene rings is 1. The Morgan fingerprint density at radius 2 is 2.08 bits per heavy atom. The van der Waals surface area contributed by atoms with Gasteiger partial charge in [0.2, 0.25) is 0 Å². The number of guanidine groups is 1. The fourth-order valence-electron chi connectivity index (χ4n) is 2.03. The molecule has 0 spiro atoms. The maximum atomic E-state index is 5.63. The Morgan fingerprint density at radius 3 is 2.71 bits per heavy atom. The molecule has 1 aromatic heterocycles. The molecule has 2 rings (SSSR count). The number of nitrogens with zero attached hydrogens (tertiary/aromatic N) is 1. The van der Waals surface area contributed by atoms with E-state index in [0.29, 0.717) is 19.0 Å². The first-order valence-corrected chi connectivity index (χ1v) is 7.95. The minimum Gasteiger partial charge on any atom is -0.491 e. The fourth-order valence-corrected chi connectivity index (χ4v) is 2.03. The van der Waals surface area contributed by atoms with Crippen LogP contribution in [0.25, 0.3) is 0 Å². The summed E-state index contributed by atoms with van der Waals surface area (Å²) >= 11 is 0. The number of rotatable bonds is 7. The standard InChI is InChI=1S/C19H23N3O2/c1-4-12-20-19(21-13-11-17-6-5-14-23-17)22-16-7-9-18(10-8-16)24-15(2)3/h1,5-10,14-15H,11-13H2,2-3H3,(H2,20,21,22). The van der Waals surface area contributed by atoms with E-state index in [1.54, 1.807) is 6.26 Å². The summed E-state index contributed by atoms with van der Waals surface area (Å²) in [6, 6.07) is 11.5. The van der Waals surface area contributed by atoms with Gasteiger partial charge in [-0.2, -0.15) is 0 Å². The van der Waals surface area contributed by atoms with Gasteiger partial charge in [0.05, 0.1) is 18.9 Å². The highest BCUT2D eigenvalue weighted by Gasteiger charge is 2.02. The third-order valence-electron chi connectivity index (χ3n) is 3.05. The Kier molecular flexibility index (Phi) is 6.78. The summed E-state index contributed by atoms with van der Waals surface area (Å²) in [6.07, 6.45) is 7.86. The van der Waals surface area contributed by atoms with Gasteiger partial charge in [-0.1, -0.05) is 5.92 Å². The predicted molar refractivity (Wildman–Crippen MR) is 97.4 cm³/mol. The molecule has 5 nitrogen and oxygen atoms in total. The van der Waals surface area contributed by atoms with Gasteiger partial charge in [0.25, 0.3) is 0 Å². The maximum Gasteiger partial charge on any atom is 0.196 e. The lowest BCUT2D eigenvalue weighted by Crippen LogP contribution is -2.31. The Hall–Kier alpha value is -2.87. The van der Waals surface area contributed by atoms with Gasteiger partial charge in [0.15, 0.2) is 5.96 Å². The van der Waals surface area contributed by atoms with Crippen LogP contribution in [0, 0.1) is 12.3 Å². The van der Waals surface area contributed by atoms with Crippen molar-refractivity contribution >= 4 is 11.6 Å². The van der Waals surface area contributed by atoms with Crippen molar-refractivity contribution in [2.24, 2.45) is 4.99 Å². The maximum absolute atomic E-state index is 5.63. The number of nitrogens with one attached hydrogen (secondary N) is 2. The topological polar surface area (TPSA) is 58.8 Å². The first-order chi connectivity index (χ1) is 11.7. The van der Waals surface area contributed by atoms with Crippen LogP contribution in [0.2, 0.25) is 0 Å². The number of furan rings is 1. The van der Waals surface area contributed by atoms with E-state index < -0.39 is 0 Å². The van der Waals surface area contributed by atoms with Crippen LogP contribution in [-0.4, -0.2) is 25.2 Å². The molecule has 1 aromatic carbocycles. The molecule has 2 N–H and O–H groups in total. The molecule has 2 aromatic rings. The van der Waals surface area contributed by atoms with Gasteiger partial charge in [0.1, 0.15) is 11.5 Å². The molecule has 0 unspecified atom stereocenters. The largest absolute Gasteiger partial charge is 0.491 e. The number of anilines is 1. The second-order valence-corrected chi connectivity index (χ2v) is 5.43. The molecule has 0 aliphatic heterocycles. The lowest BCUT2D eigenvalue weighted by Gasteiger charge is -2.13. The van der Waals surface area contributed by atoms with Gasteiger partial charge in [-0.3, -0.25) is 4.99 Å². The third kappa shape index (κ3) is 6.09. The first-order valence-electron chi connectivity index (χ1n) is 7.95. The van der Waals surface area contributed by atoms with Crippen molar-refractivity contribution in [2.45, 2.75) is 26.4 Å². The Labute approximate surface area is 143 Å². The molecular weight excluding hydrogens is 302 g/mol.